The van der Waals surface area contributed by atoms with Crippen LogP contribution >= 0.6 is 22.6 Å². The summed E-state index contributed by atoms with van der Waals surface area (Å²) < 4.78 is 13.2. The van der Waals surface area contributed by atoms with Gasteiger partial charge in [0, 0.05) is 6.07 Å². The van der Waals surface area contributed by atoms with Gasteiger partial charge in [-0.2, -0.15) is 0 Å². The summed E-state index contributed by atoms with van der Waals surface area (Å²) in [4.78, 5) is 47.8. The first-order valence-electron chi connectivity index (χ1n) is 7.53. The van der Waals surface area contributed by atoms with Crippen molar-refractivity contribution in [2.75, 3.05) is 4.90 Å². The molecule has 0 unspecified atom stereocenters. The number of carbonyl (C=O) groups is 3. The third-order valence-electron chi connectivity index (χ3n) is 3.76. The highest BCUT2D eigenvalue weighted by molar-refractivity contribution is 14.1. The van der Waals surface area contributed by atoms with Crippen LogP contribution in [0.2, 0.25) is 0 Å². The fraction of sp³-hybridized carbons (Fsp3) is 0. The molecule has 2 aromatic rings. The molecule has 2 N–H and O–H groups in total. The van der Waals surface area contributed by atoms with Gasteiger partial charge >= 0.3 is 11.7 Å². The smallest absolute Gasteiger partial charge is 0.335 e. The van der Waals surface area contributed by atoms with Crippen molar-refractivity contribution in [3.63, 3.8) is 0 Å². The van der Waals surface area contributed by atoms with Crippen molar-refractivity contribution in [1.29, 1.82) is 0 Å². The van der Waals surface area contributed by atoms with Crippen molar-refractivity contribution >= 4 is 57.9 Å². The number of imide groups is 2. The molecule has 4 amide bonds. The normalized spacial score (nSPS) is 15.7. The molecule has 2 aromatic carbocycles. The van der Waals surface area contributed by atoms with Crippen molar-refractivity contribution in [2.24, 2.45) is 0 Å². The molecule has 0 bridgehead atoms. The third-order valence-corrected chi connectivity index (χ3v) is 4.58. The molecule has 0 radical (unpaired) electrons. The second-order valence-corrected chi connectivity index (χ2v) is 6.72. The van der Waals surface area contributed by atoms with Gasteiger partial charge in [0.05, 0.1) is 14.2 Å². The van der Waals surface area contributed by atoms with Gasteiger partial charge < -0.3 is 5.11 Å². The number of barbiturate groups is 1. The van der Waals surface area contributed by atoms with E-state index in [-0.39, 0.29) is 14.8 Å². The van der Waals surface area contributed by atoms with Crippen molar-refractivity contribution < 1.29 is 28.8 Å². The molecule has 0 saturated carbocycles. The minimum Gasteiger partial charge on any atom is -0.501 e. The Bertz CT molecular complexity index is 1070. The third kappa shape index (κ3) is 3.55. The Morgan fingerprint density at radius 3 is 2.43 bits per heavy atom. The number of aromatic hydroxyl groups is 1. The summed E-state index contributed by atoms with van der Waals surface area (Å²) in [7, 11) is 0. The van der Waals surface area contributed by atoms with Crippen LogP contribution in [0.3, 0.4) is 0 Å². The van der Waals surface area contributed by atoms with Crippen molar-refractivity contribution in [3.8, 4) is 5.75 Å². The van der Waals surface area contributed by atoms with Crippen LogP contribution in [-0.4, -0.2) is 27.9 Å². The summed E-state index contributed by atoms with van der Waals surface area (Å²) in [6.45, 7) is 0. The van der Waals surface area contributed by atoms with Gasteiger partial charge in [-0.05, 0) is 64.6 Å². The molecule has 3 rings (SSSR count). The van der Waals surface area contributed by atoms with E-state index in [9.17, 15) is 34.0 Å². The number of carbonyl (C=O) groups excluding carboxylic acids is 3. The number of nitro groups is 1. The van der Waals surface area contributed by atoms with Gasteiger partial charge in [0.15, 0.2) is 0 Å². The Morgan fingerprint density at radius 1 is 1.18 bits per heavy atom. The van der Waals surface area contributed by atoms with E-state index in [1.165, 1.54) is 18.2 Å². The van der Waals surface area contributed by atoms with Gasteiger partial charge in [-0.1, -0.05) is 0 Å². The zero-order valence-electron chi connectivity index (χ0n) is 13.7. The van der Waals surface area contributed by atoms with E-state index in [1.54, 1.807) is 22.6 Å². The van der Waals surface area contributed by atoms with Crippen LogP contribution in [0.15, 0.2) is 42.0 Å². The number of phenolic OH excluding ortho intramolecular Hbond substituents is 1. The molecule has 0 aromatic heterocycles. The van der Waals surface area contributed by atoms with Gasteiger partial charge in [-0.15, -0.1) is 0 Å². The minimum absolute atomic E-state index is 0.0357. The first kappa shape index (κ1) is 19.4. The van der Waals surface area contributed by atoms with Crippen molar-refractivity contribution in [2.45, 2.75) is 0 Å². The minimum atomic E-state index is -1.01. The number of phenols is 1. The predicted octanol–water partition coefficient (Wildman–Crippen LogP) is 2.71. The number of anilines is 1. The van der Waals surface area contributed by atoms with Crippen molar-refractivity contribution in [1.82, 2.24) is 5.32 Å². The van der Waals surface area contributed by atoms with Crippen LogP contribution in [0.4, 0.5) is 20.6 Å². The monoisotopic (exact) mass is 497 g/mol. The van der Waals surface area contributed by atoms with Gasteiger partial charge in [0.1, 0.15) is 11.4 Å². The number of nitro benzene ring substituents is 1. The molecule has 1 aliphatic rings. The molecule has 28 heavy (non-hydrogen) atoms. The summed E-state index contributed by atoms with van der Waals surface area (Å²) in [5.74, 6) is -3.09. The highest BCUT2D eigenvalue weighted by Crippen LogP contribution is 2.33. The lowest BCUT2D eigenvalue weighted by Crippen LogP contribution is -2.54. The standard InChI is InChI=1S/C17H9FIN3O6/c18-9-1-3-10(4-2-9)21-16(25)11(15(24)20-17(21)26)5-8-6-12(19)14(23)13(7-8)22(27)28/h1-7,23H,(H,20,24,26)/b11-5+. The second-order valence-electron chi connectivity index (χ2n) is 5.56. The van der Waals surface area contributed by atoms with Crippen LogP contribution < -0.4 is 10.2 Å². The molecular formula is C17H9FIN3O6. The Balaban J connectivity index is 2.07. The van der Waals surface area contributed by atoms with Crippen LogP contribution in [0, 0.1) is 19.5 Å². The van der Waals surface area contributed by atoms with E-state index in [4.69, 9.17) is 0 Å². The summed E-state index contributed by atoms with van der Waals surface area (Å²) in [5.41, 5.74) is -0.928. The molecule has 1 fully saturated rings. The Hall–Kier alpha value is -3.35. The number of rotatable bonds is 3. The van der Waals surface area contributed by atoms with Gasteiger partial charge in [-0.25, -0.2) is 14.1 Å². The Kier molecular flexibility index (Phi) is 5.09. The second kappa shape index (κ2) is 7.34. The summed E-state index contributed by atoms with van der Waals surface area (Å²) in [6, 6.07) is 5.77. The fourth-order valence-electron chi connectivity index (χ4n) is 2.48. The average Bonchev–Trinajstić information content (AvgIpc) is 2.62. The molecular weight excluding hydrogens is 488 g/mol. The van der Waals surface area contributed by atoms with E-state index in [0.717, 1.165) is 24.3 Å². The van der Waals surface area contributed by atoms with Gasteiger partial charge in [-0.3, -0.25) is 25.0 Å². The van der Waals surface area contributed by atoms with E-state index >= 15 is 0 Å². The SMILES string of the molecule is O=C1NC(=O)N(c2ccc(F)cc2)C(=O)/C1=C/c1cc(I)c(O)c([N+](=O)[O-])c1. The lowest BCUT2D eigenvalue weighted by molar-refractivity contribution is -0.386. The maximum Gasteiger partial charge on any atom is 0.335 e. The first-order valence-corrected chi connectivity index (χ1v) is 8.61. The molecule has 9 nitrogen and oxygen atoms in total. The van der Waals surface area contributed by atoms with Crippen molar-refractivity contribution in [3.05, 3.63) is 67.0 Å². The zero-order chi connectivity index (χ0) is 20.6. The number of benzene rings is 2. The number of hydrogen-bond acceptors (Lipinski definition) is 6. The van der Waals surface area contributed by atoms with Crippen LogP contribution in [0.1, 0.15) is 5.56 Å². The van der Waals surface area contributed by atoms with E-state index in [2.05, 4.69) is 0 Å². The molecule has 1 aliphatic heterocycles. The number of amides is 4. The highest BCUT2D eigenvalue weighted by Gasteiger charge is 2.37. The maximum atomic E-state index is 13.1. The molecule has 1 heterocycles. The summed E-state index contributed by atoms with van der Waals surface area (Å²) in [5, 5.41) is 22.8. The van der Waals surface area contributed by atoms with Crippen LogP contribution in [-0.2, 0) is 9.59 Å². The lowest BCUT2D eigenvalue weighted by Gasteiger charge is -2.26. The number of nitrogens with one attached hydrogen (secondary N) is 1. The molecule has 0 spiro atoms. The molecule has 11 heteroatoms. The number of halogens is 2. The topological polar surface area (TPSA) is 130 Å². The maximum absolute atomic E-state index is 13.1. The average molecular weight is 497 g/mol. The summed E-state index contributed by atoms with van der Waals surface area (Å²) in [6.07, 6.45) is 1.06. The first-order chi connectivity index (χ1) is 13.2. The largest absolute Gasteiger partial charge is 0.501 e. The predicted molar refractivity (Wildman–Crippen MR) is 103 cm³/mol. The highest BCUT2D eigenvalue weighted by atomic mass is 127. The van der Waals surface area contributed by atoms with Crippen LogP contribution in [0.25, 0.3) is 6.08 Å². The van der Waals surface area contributed by atoms with Crippen LogP contribution in [0.5, 0.6) is 5.75 Å². The Morgan fingerprint density at radius 2 is 1.82 bits per heavy atom. The van der Waals surface area contributed by atoms with E-state index < -0.39 is 45.6 Å². The zero-order valence-corrected chi connectivity index (χ0v) is 15.8. The molecule has 0 atom stereocenters. The number of urea groups is 1. The van der Waals surface area contributed by atoms with Gasteiger partial charge in [0.25, 0.3) is 11.8 Å². The number of hydrogen-bond donors (Lipinski definition) is 2. The lowest BCUT2D eigenvalue weighted by atomic mass is 10.1. The fourth-order valence-corrected chi connectivity index (χ4v) is 3.11. The Labute approximate surface area is 169 Å². The molecule has 0 aliphatic carbocycles. The quantitative estimate of drug-likeness (QED) is 0.221. The number of nitrogens with zero attached hydrogens (tertiary/aromatic N) is 2. The molecule has 1 saturated heterocycles. The summed E-state index contributed by atoms with van der Waals surface area (Å²) >= 11 is 1.66. The van der Waals surface area contributed by atoms with Gasteiger partial charge in [0.2, 0.25) is 5.75 Å². The van der Waals surface area contributed by atoms with E-state index in [0.29, 0.717) is 4.90 Å². The van der Waals surface area contributed by atoms with E-state index in [1.807, 2.05) is 5.32 Å². The molecule has 142 valence electrons.